The Morgan fingerprint density at radius 2 is 2.08 bits per heavy atom. The van der Waals surface area contributed by atoms with E-state index in [0.717, 1.165) is 18.5 Å². The van der Waals surface area contributed by atoms with Gasteiger partial charge >= 0.3 is 0 Å². The number of hydrazine groups is 1. The van der Waals surface area contributed by atoms with Crippen molar-refractivity contribution in [2.75, 3.05) is 0 Å². The minimum atomic E-state index is 0.437. The van der Waals surface area contributed by atoms with E-state index in [1.165, 1.54) is 0 Å². The van der Waals surface area contributed by atoms with Crippen molar-refractivity contribution >= 4 is 0 Å². The third kappa shape index (κ3) is 1.89. The number of rotatable bonds is 2. The van der Waals surface area contributed by atoms with Crippen molar-refractivity contribution in [2.24, 2.45) is 11.8 Å². The van der Waals surface area contributed by atoms with Gasteiger partial charge < -0.3 is 5.01 Å². The molecule has 0 heterocycles. The molecule has 0 aromatic heterocycles. The fourth-order valence-corrected chi connectivity index (χ4v) is 1.61. The summed E-state index contributed by atoms with van der Waals surface area (Å²) in [5, 5.41) is 1.80. The highest BCUT2D eigenvalue weighted by Crippen LogP contribution is 2.23. The van der Waals surface area contributed by atoms with Crippen molar-refractivity contribution in [3.8, 4) is 0 Å². The first-order valence-corrected chi connectivity index (χ1v) is 4.47. The highest BCUT2D eigenvalue weighted by molar-refractivity contribution is 5.00. The zero-order chi connectivity index (χ0) is 9.14. The summed E-state index contributed by atoms with van der Waals surface area (Å²) in [6.45, 7) is 8.02. The molecular formula is C10H18N2. The van der Waals surface area contributed by atoms with Gasteiger partial charge in [0, 0.05) is 5.70 Å². The zero-order valence-electron chi connectivity index (χ0n) is 7.96. The molecule has 1 unspecified atom stereocenters. The van der Waals surface area contributed by atoms with Crippen LogP contribution in [0.3, 0.4) is 0 Å². The van der Waals surface area contributed by atoms with Crippen LogP contribution in [0.15, 0.2) is 24.4 Å². The van der Waals surface area contributed by atoms with Crippen LogP contribution in [0.1, 0.15) is 26.7 Å². The number of hydrogen-bond acceptors (Lipinski definition) is 2. The van der Waals surface area contributed by atoms with Crippen molar-refractivity contribution in [1.82, 2.24) is 5.01 Å². The molecule has 0 radical (unpaired) electrons. The van der Waals surface area contributed by atoms with Crippen LogP contribution in [0.25, 0.3) is 0 Å². The number of allylic oxidation sites excluding steroid dienone is 2. The molecule has 0 aromatic carbocycles. The predicted molar refractivity (Wildman–Crippen MR) is 52.2 cm³/mol. The summed E-state index contributed by atoms with van der Waals surface area (Å²) in [4.78, 5) is 0. The van der Waals surface area contributed by atoms with Crippen LogP contribution >= 0.6 is 0 Å². The van der Waals surface area contributed by atoms with E-state index in [1.807, 2.05) is 6.92 Å². The van der Waals surface area contributed by atoms with Crippen LogP contribution in [0.4, 0.5) is 0 Å². The fourth-order valence-electron chi connectivity index (χ4n) is 1.61. The van der Waals surface area contributed by atoms with Crippen molar-refractivity contribution < 1.29 is 0 Å². The van der Waals surface area contributed by atoms with E-state index in [0.29, 0.717) is 12.0 Å². The SMILES string of the molecule is C=C(C)N(N)C1CC=CC[C@@H]1C. The second kappa shape index (κ2) is 3.76. The van der Waals surface area contributed by atoms with E-state index < -0.39 is 0 Å². The lowest BCUT2D eigenvalue weighted by Gasteiger charge is -2.34. The Bertz CT molecular complexity index is 196. The van der Waals surface area contributed by atoms with Gasteiger partial charge in [0.1, 0.15) is 0 Å². The molecule has 0 amide bonds. The Hall–Kier alpha value is -0.760. The van der Waals surface area contributed by atoms with Crippen LogP contribution in [0.5, 0.6) is 0 Å². The van der Waals surface area contributed by atoms with Crippen LogP contribution in [0.2, 0.25) is 0 Å². The summed E-state index contributed by atoms with van der Waals surface area (Å²) in [7, 11) is 0. The highest BCUT2D eigenvalue weighted by atomic mass is 15.4. The maximum atomic E-state index is 5.88. The minimum Gasteiger partial charge on any atom is -0.312 e. The number of nitrogens with zero attached hydrogens (tertiary/aromatic N) is 1. The monoisotopic (exact) mass is 166 g/mol. The van der Waals surface area contributed by atoms with Gasteiger partial charge in [0.05, 0.1) is 6.04 Å². The zero-order valence-corrected chi connectivity index (χ0v) is 7.96. The molecule has 1 rings (SSSR count). The summed E-state index contributed by atoms with van der Waals surface area (Å²) >= 11 is 0. The Balaban J connectivity index is 2.61. The van der Waals surface area contributed by atoms with E-state index in [-0.39, 0.29) is 0 Å². The van der Waals surface area contributed by atoms with E-state index in [4.69, 9.17) is 5.84 Å². The molecule has 0 aliphatic heterocycles. The molecule has 1 aliphatic rings. The maximum absolute atomic E-state index is 5.88. The number of hydrogen-bond donors (Lipinski definition) is 1. The Kier molecular flexibility index (Phi) is 2.93. The molecule has 0 saturated carbocycles. The van der Waals surface area contributed by atoms with Crippen LogP contribution in [0, 0.1) is 5.92 Å². The number of nitrogens with two attached hydrogens (primary N) is 1. The molecule has 0 saturated heterocycles. The molecule has 1 aliphatic carbocycles. The Labute approximate surface area is 74.7 Å². The van der Waals surface area contributed by atoms with Gasteiger partial charge in [-0.3, -0.25) is 0 Å². The standard InChI is InChI=1S/C10H18N2/c1-8(2)12(11)10-7-5-4-6-9(10)3/h4-5,9-10H,1,6-7,11H2,2-3H3/t9-,10?/m0/s1. The van der Waals surface area contributed by atoms with E-state index in [2.05, 4.69) is 25.7 Å². The first kappa shape index (κ1) is 9.33. The third-order valence-corrected chi connectivity index (χ3v) is 2.51. The highest BCUT2D eigenvalue weighted by Gasteiger charge is 2.22. The second-order valence-electron chi connectivity index (χ2n) is 3.63. The third-order valence-electron chi connectivity index (χ3n) is 2.51. The molecule has 68 valence electrons. The van der Waals surface area contributed by atoms with Gasteiger partial charge in [-0.2, -0.15) is 0 Å². The smallest absolute Gasteiger partial charge is 0.0511 e. The predicted octanol–water partition coefficient (Wildman–Crippen LogP) is 2.05. The second-order valence-corrected chi connectivity index (χ2v) is 3.63. The summed E-state index contributed by atoms with van der Waals surface area (Å²) in [5.74, 6) is 6.52. The van der Waals surface area contributed by atoms with Crippen LogP contribution in [-0.4, -0.2) is 11.1 Å². The normalized spacial score (nSPS) is 28.6. The van der Waals surface area contributed by atoms with Crippen molar-refractivity contribution in [2.45, 2.75) is 32.7 Å². The molecule has 2 heteroatoms. The Morgan fingerprint density at radius 3 is 2.58 bits per heavy atom. The van der Waals surface area contributed by atoms with Gasteiger partial charge in [-0.05, 0) is 25.7 Å². The first-order chi connectivity index (χ1) is 5.63. The molecule has 2 N–H and O–H groups in total. The average Bonchev–Trinajstić information content (AvgIpc) is 2.04. The van der Waals surface area contributed by atoms with Gasteiger partial charge in [0.2, 0.25) is 0 Å². The maximum Gasteiger partial charge on any atom is 0.0511 e. The summed E-state index contributed by atoms with van der Waals surface area (Å²) in [6.07, 6.45) is 6.61. The van der Waals surface area contributed by atoms with Gasteiger partial charge in [0.15, 0.2) is 0 Å². The van der Waals surface area contributed by atoms with Crippen LogP contribution < -0.4 is 5.84 Å². The van der Waals surface area contributed by atoms with E-state index >= 15 is 0 Å². The van der Waals surface area contributed by atoms with Crippen molar-refractivity contribution in [3.63, 3.8) is 0 Å². The molecular weight excluding hydrogens is 148 g/mol. The quantitative estimate of drug-likeness (QED) is 0.386. The average molecular weight is 166 g/mol. The first-order valence-electron chi connectivity index (χ1n) is 4.47. The van der Waals surface area contributed by atoms with Crippen molar-refractivity contribution in [1.29, 1.82) is 0 Å². The molecule has 2 atom stereocenters. The summed E-state index contributed by atoms with van der Waals surface area (Å²) < 4.78 is 0. The lowest BCUT2D eigenvalue weighted by Crippen LogP contribution is -2.43. The van der Waals surface area contributed by atoms with Gasteiger partial charge in [-0.25, -0.2) is 5.84 Å². The fraction of sp³-hybridized carbons (Fsp3) is 0.600. The lowest BCUT2D eigenvalue weighted by molar-refractivity contribution is 0.192. The lowest BCUT2D eigenvalue weighted by atomic mass is 9.90. The molecule has 2 nitrogen and oxygen atoms in total. The summed E-state index contributed by atoms with van der Waals surface area (Å²) in [5.41, 5.74) is 0.946. The van der Waals surface area contributed by atoms with E-state index in [9.17, 15) is 0 Å². The van der Waals surface area contributed by atoms with E-state index in [1.54, 1.807) is 5.01 Å². The molecule has 0 bridgehead atoms. The van der Waals surface area contributed by atoms with Crippen molar-refractivity contribution in [3.05, 3.63) is 24.4 Å². The molecule has 0 spiro atoms. The molecule has 12 heavy (non-hydrogen) atoms. The summed E-state index contributed by atoms with van der Waals surface area (Å²) in [6, 6.07) is 0.437. The Morgan fingerprint density at radius 1 is 1.50 bits per heavy atom. The molecule has 0 aromatic rings. The largest absolute Gasteiger partial charge is 0.312 e. The molecule has 0 fully saturated rings. The van der Waals surface area contributed by atoms with Gasteiger partial charge in [-0.1, -0.05) is 25.7 Å². The van der Waals surface area contributed by atoms with Gasteiger partial charge in [-0.15, -0.1) is 0 Å². The van der Waals surface area contributed by atoms with Gasteiger partial charge in [0.25, 0.3) is 0 Å². The van der Waals surface area contributed by atoms with Crippen LogP contribution in [-0.2, 0) is 0 Å². The minimum absolute atomic E-state index is 0.437. The topological polar surface area (TPSA) is 29.3 Å².